The van der Waals surface area contributed by atoms with Gasteiger partial charge in [0.2, 0.25) is 0 Å². The van der Waals surface area contributed by atoms with Crippen molar-refractivity contribution in [3.63, 3.8) is 0 Å². The van der Waals surface area contributed by atoms with Gasteiger partial charge >= 0.3 is 5.97 Å². The molecule has 0 radical (unpaired) electrons. The van der Waals surface area contributed by atoms with Crippen LogP contribution in [0.4, 0.5) is 5.69 Å². The van der Waals surface area contributed by atoms with E-state index in [0.717, 1.165) is 38.9 Å². The van der Waals surface area contributed by atoms with E-state index in [4.69, 9.17) is 10.5 Å². The van der Waals surface area contributed by atoms with Gasteiger partial charge in [-0.2, -0.15) is 0 Å². The third kappa shape index (κ3) is 3.08. The highest BCUT2D eigenvalue weighted by Gasteiger charge is 2.50. The number of nitrogens with two attached hydrogens (primary N) is 1. The molecule has 0 spiro atoms. The molecule has 0 aromatic heterocycles. The number of carbonyl (C=O) groups is 1. The lowest BCUT2D eigenvalue weighted by Gasteiger charge is -2.52. The van der Waals surface area contributed by atoms with Crippen LogP contribution in [0.5, 0.6) is 0 Å². The number of hydrogen-bond acceptors (Lipinski definition) is 5. The van der Waals surface area contributed by atoms with E-state index in [0.29, 0.717) is 11.3 Å². The van der Waals surface area contributed by atoms with Gasteiger partial charge in [-0.15, -0.1) is 0 Å². The lowest BCUT2D eigenvalue weighted by molar-refractivity contribution is -0.135. The van der Waals surface area contributed by atoms with Crippen molar-refractivity contribution >= 4 is 11.7 Å². The summed E-state index contributed by atoms with van der Waals surface area (Å²) < 4.78 is 5.58. The fourth-order valence-corrected chi connectivity index (χ4v) is 4.14. The van der Waals surface area contributed by atoms with E-state index < -0.39 is 5.97 Å². The summed E-state index contributed by atoms with van der Waals surface area (Å²) in [5.74, 6) is -0.113. The number of carbonyl (C=O) groups excluding carboxylic acids is 1. The van der Waals surface area contributed by atoms with Gasteiger partial charge in [0.1, 0.15) is 6.61 Å². The minimum absolute atomic E-state index is 0.258. The Bertz CT molecular complexity index is 577. The van der Waals surface area contributed by atoms with Crippen molar-refractivity contribution in [2.45, 2.75) is 32.3 Å². The minimum Gasteiger partial charge on any atom is -0.461 e. The number of nitrogen functional groups attached to an aromatic ring is 1. The maximum absolute atomic E-state index is 12.3. The smallest absolute Gasteiger partial charge is 0.340 e. The molecule has 1 saturated heterocycles. The van der Waals surface area contributed by atoms with Gasteiger partial charge in [0.25, 0.3) is 0 Å². The molecule has 5 heteroatoms. The van der Waals surface area contributed by atoms with Crippen LogP contribution >= 0.6 is 0 Å². The van der Waals surface area contributed by atoms with Gasteiger partial charge in [0.05, 0.1) is 11.7 Å². The van der Waals surface area contributed by atoms with Crippen LogP contribution < -0.4 is 5.73 Å². The first kappa shape index (κ1) is 16.3. The second kappa shape index (κ2) is 6.49. The van der Waals surface area contributed by atoms with Crippen LogP contribution in [0.1, 0.15) is 36.5 Å². The Labute approximate surface area is 137 Å². The number of aliphatic hydroxyl groups is 1. The number of para-hydroxylation sites is 1. The average Bonchev–Trinajstić information content (AvgIpc) is 2.54. The largest absolute Gasteiger partial charge is 0.461 e. The van der Waals surface area contributed by atoms with E-state index in [1.165, 1.54) is 0 Å². The maximum Gasteiger partial charge on any atom is 0.340 e. The summed E-state index contributed by atoms with van der Waals surface area (Å²) in [5, 5.41) is 10.7. The molecule has 1 aliphatic heterocycles. The number of piperidine rings is 1. The van der Waals surface area contributed by atoms with Crippen LogP contribution in [0.25, 0.3) is 0 Å². The molecule has 2 fully saturated rings. The van der Waals surface area contributed by atoms with Crippen molar-refractivity contribution in [1.82, 2.24) is 4.90 Å². The molecule has 5 nitrogen and oxygen atoms in total. The summed E-state index contributed by atoms with van der Waals surface area (Å²) >= 11 is 0. The van der Waals surface area contributed by atoms with E-state index >= 15 is 0 Å². The Morgan fingerprint density at radius 2 is 2.26 bits per heavy atom. The number of esters is 1. The molecule has 0 unspecified atom stereocenters. The predicted octanol–water partition coefficient (Wildman–Crippen LogP) is 1.91. The van der Waals surface area contributed by atoms with Crippen LogP contribution in [-0.4, -0.2) is 48.3 Å². The second-order valence-electron chi connectivity index (χ2n) is 6.95. The van der Waals surface area contributed by atoms with E-state index in [2.05, 4.69) is 11.8 Å². The monoisotopic (exact) mass is 318 g/mol. The highest BCUT2D eigenvalue weighted by atomic mass is 16.5. The van der Waals surface area contributed by atoms with Gasteiger partial charge in [-0.05, 0) is 37.4 Å². The zero-order valence-corrected chi connectivity index (χ0v) is 13.7. The van der Waals surface area contributed by atoms with Crippen molar-refractivity contribution in [1.29, 1.82) is 0 Å². The molecule has 23 heavy (non-hydrogen) atoms. The third-order valence-corrected chi connectivity index (χ3v) is 5.47. The highest BCUT2D eigenvalue weighted by molar-refractivity contribution is 5.94. The highest BCUT2D eigenvalue weighted by Crippen LogP contribution is 2.44. The summed E-state index contributed by atoms with van der Waals surface area (Å²) in [4.78, 5) is 14.7. The summed E-state index contributed by atoms with van der Waals surface area (Å²) in [6.07, 6.45) is 2.65. The molecule has 1 heterocycles. The van der Waals surface area contributed by atoms with E-state index in [1.54, 1.807) is 24.3 Å². The van der Waals surface area contributed by atoms with Crippen molar-refractivity contribution < 1.29 is 14.6 Å². The molecular formula is C18H26N2O3. The van der Waals surface area contributed by atoms with Gasteiger partial charge in [0, 0.05) is 24.2 Å². The van der Waals surface area contributed by atoms with Crippen LogP contribution in [0.3, 0.4) is 0 Å². The summed E-state index contributed by atoms with van der Waals surface area (Å²) in [5.41, 5.74) is 6.33. The number of hydrogen-bond donors (Lipinski definition) is 2. The van der Waals surface area contributed by atoms with Gasteiger partial charge in [0.15, 0.2) is 0 Å². The molecule has 3 rings (SSSR count). The Morgan fingerprint density at radius 1 is 1.48 bits per heavy atom. The lowest BCUT2D eigenvalue weighted by atomic mass is 9.64. The number of nitrogens with zero attached hydrogens (tertiary/aromatic N) is 1. The summed E-state index contributed by atoms with van der Waals surface area (Å²) in [7, 11) is 0. The minimum atomic E-state index is -0.402. The van der Waals surface area contributed by atoms with Crippen LogP contribution in [0.15, 0.2) is 24.3 Å². The number of aliphatic hydroxyl groups excluding tert-OH is 1. The quantitative estimate of drug-likeness (QED) is 0.655. The van der Waals surface area contributed by atoms with Crippen molar-refractivity contribution in [3.05, 3.63) is 29.8 Å². The SMILES string of the molecule is CCN1C[C@@H]2CCC[C@@](COC(=O)c3ccccc3N)(C1)[C@@H]2O. The topological polar surface area (TPSA) is 75.8 Å². The average molecular weight is 318 g/mol. The van der Waals surface area contributed by atoms with Crippen LogP contribution in [-0.2, 0) is 4.74 Å². The van der Waals surface area contributed by atoms with Crippen LogP contribution in [0, 0.1) is 11.3 Å². The number of anilines is 1. The zero-order chi connectivity index (χ0) is 16.4. The first-order valence-corrected chi connectivity index (χ1v) is 8.48. The number of rotatable bonds is 4. The second-order valence-corrected chi connectivity index (χ2v) is 6.95. The number of ether oxygens (including phenoxy) is 1. The summed E-state index contributed by atoms with van der Waals surface area (Å²) in [6, 6.07) is 6.94. The standard InChI is InChI=1S/C18H26N2O3/c1-2-20-10-13-6-5-9-18(11-20,16(13)21)12-23-17(22)14-7-3-4-8-15(14)19/h3-4,7-8,13,16,21H,2,5-6,9-12,19H2,1H3/t13-,16+,18-/m0/s1. The first-order chi connectivity index (χ1) is 11.1. The van der Waals surface area contributed by atoms with Crippen molar-refractivity contribution in [2.75, 3.05) is 32.0 Å². The molecule has 2 aliphatic rings. The molecule has 126 valence electrons. The molecular weight excluding hydrogens is 292 g/mol. The molecule has 1 saturated carbocycles. The van der Waals surface area contributed by atoms with Crippen molar-refractivity contribution in [3.8, 4) is 0 Å². The Balaban J connectivity index is 1.72. The fraction of sp³-hybridized carbons (Fsp3) is 0.611. The van der Waals surface area contributed by atoms with Gasteiger partial charge in [-0.25, -0.2) is 4.79 Å². The number of benzene rings is 1. The fourth-order valence-electron chi connectivity index (χ4n) is 4.14. The van der Waals surface area contributed by atoms with Crippen molar-refractivity contribution in [2.24, 2.45) is 11.3 Å². The molecule has 3 atom stereocenters. The Morgan fingerprint density at radius 3 is 3.00 bits per heavy atom. The van der Waals surface area contributed by atoms with Gasteiger partial charge in [-0.1, -0.05) is 25.5 Å². The van der Waals surface area contributed by atoms with Gasteiger partial charge in [-0.3, -0.25) is 0 Å². The normalized spacial score (nSPS) is 30.9. The summed E-state index contributed by atoms with van der Waals surface area (Å²) in [6.45, 7) is 5.09. The van der Waals surface area contributed by atoms with E-state index in [-0.39, 0.29) is 24.0 Å². The zero-order valence-electron chi connectivity index (χ0n) is 13.7. The molecule has 1 aromatic rings. The molecule has 1 aromatic carbocycles. The number of fused-ring (bicyclic) bond motifs is 2. The van der Waals surface area contributed by atoms with Crippen LogP contribution in [0.2, 0.25) is 0 Å². The third-order valence-electron chi connectivity index (χ3n) is 5.47. The Kier molecular flexibility index (Phi) is 4.60. The molecule has 2 bridgehead atoms. The van der Waals surface area contributed by atoms with E-state index in [1.807, 2.05) is 0 Å². The van der Waals surface area contributed by atoms with Gasteiger partial charge < -0.3 is 20.5 Å². The number of likely N-dealkylation sites (tertiary alicyclic amines) is 1. The first-order valence-electron chi connectivity index (χ1n) is 8.48. The maximum atomic E-state index is 12.3. The lowest BCUT2D eigenvalue weighted by Crippen LogP contribution is -2.60. The van der Waals surface area contributed by atoms with E-state index in [9.17, 15) is 9.90 Å². The molecule has 0 amide bonds. The Hall–Kier alpha value is -1.59. The molecule has 1 aliphatic carbocycles. The molecule has 3 N–H and O–H groups in total. The predicted molar refractivity (Wildman–Crippen MR) is 89.0 cm³/mol.